The molecule has 25 heavy (non-hydrogen) atoms. The minimum Gasteiger partial charge on any atom is -0.491 e. The molecular weight excluding hydrogens is 322 g/mol. The van der Waals surface area contributed by atoms with Crippen molar-refractivity contribution in [3.05, 3.63) is 57.0 Å². The number of carbonyl (C=O) groups is 1. The van der Waals surface area contributed by atoms with E-state index in [1.807, 2.05) is 26.0 Å². The molecule has 7 nitrogen and oxygen atoms in total. The van der Waals surface area contributed by atoms with Gasteiger partial charge in [0, 0.05) is 18.2 Å². The van der Waals surface area contributed by atoms with E-state index in [1.54, 1.807) is 11.0 Å². The van der Waals surface area contributed by atoms with E-state index in [1.165, 1.54) is 10.7 Å². The Kier molecular flexibility index (Phi) is 4.85. The van der Waals surface area contributed by atoms with Crippen molar-refractivity contribution in [2.45, 2.75) is 33.5 Å². The second-order valence-corrected chi connectivity index (χ2v) is 6.17. The fourth-order valence-electron chi connectivity index (χ4n) is 2.77. The van der Waals surface area contributed by atoms with Crippen LogP contribution in [0, 0.1) is 13.8 Å². The highest BCUT2D eigenvalue weighted by Gasteiger charge is 2.21. The summed E-state index contributed by atoms with van der Waals surface area (Å²) < 4.78 is 6.87. The lowest BCUT2D eigenvalue weighted by Crippen LogP contribution is -2.38. The molecule has 1 aromatic heterocycles. The first-order valence-electron chi connectivity index (χ1n) is 8.16. The van der Waals surface area contributed by atoms with Crippen molar-refractivity contribution in [2.75, 3.05) is 13.2 Å². The van der Waals surface area contributed by atoms with Crippen LogP contribution in [-0.4, -0.2) is 38.8 Å². The summed E-state index contributed by atoms with van der Waals surface area (Å²) in [6.07, 6.45) is 0. The summed E-state index contributed by atoms with van der Waals surface area (Å²) in [5, 5.41) is 13.5. The fourth-order valence-corrected chi connectivity index (χ4v) is 2.77. The number of amides is 1. The molecule has 1 N–H and O–H groups in total. The lowest BCUT2D eigenvalue weighted by molar-refractivity contribution is -0.132. The van der Waals surface area contributed by atoms with E-state index in [0.29, 0.717) is 25.4 Å². The van der Waals surface area contributed by atoms with Crippen LogP contribution in [-0.2, 0) is 24.5 Å². The van der Waals surface area contributed by atoms with Gasteiger partial charge < -0.3 is 14.7 Å². The first kappa shape index (κ1) is 17.2. The largest absolute Gasteiger partial charge is 0.491 e. The number of rotatable bonds is 3. The van der Waals surface area contributed by atoms with E-state index in [4.69, 9.17) is 4.74 Å². The number of aromatic nitrogens is 2. The van der Waals surface area contributed by atoms with Gasteiger partial charge in [-0.1, -0.05) is 6.07 Å². The van der Waals surface area contributed by atoms with Crippen molar-refractivity contribution in [1.29, 1.82) is 0 Å². The van der Waals surface area contributed by atoms with Crippen molar-refractivity contribution in [3.8, 4) is 5.75 Å². The van der Waals surface area contributed by atoms with Gasteiger partial charge in [-0.2, -0.15) is 5.10 Å². The van der Waals surface area contributed by atoms with Crippen LogP contribution in [0.15, 0.2) is 29.1 Å². The van der Waals surface area contributed by atoms with Gasteiger partial charge >= 0.3 is 0 Å². The van der Waals surface area contributed by atoms with Crippen LogP contribution in [0.25, 0.3) is 0 Å². The monoisotopic (exact) mass is 343 g/mol. The predicted molar refractivity (Wildman–Crippen MR) is 91.2 cm³/mol. The topological polar surface area (TPSA) is 84.7 Å². The minimum atomic E-state index is -0.287. The molecule has 3 rings (SSSR count). The van der Waals surface area contributed by atoms with E-state index >= 15 is 0 Å². The van der Waals surface area contributed by atoms with E-state index in [2.05, 4.69) is 5.10 Å². The Balaban J connectivity index is 1.80. The molecule has 0 aliphatic carbocycles. The molecule has 1 aliphatic heterocycles. The molecule has 0 bridgehead atoms. The first-order chi connectivity index (χ1) is 12.0. The molecule has 0 radical (unpaired) electrons. The number of benzene rings is 1. The number of hydrogen-bond acceptors (Lipinski definition) is 5. The molecule has 1 aliphatic rings. The molecule has 1 aromatic carbocycles. The maximum atomic E-state index is 12.7. The second kappa shape index (κ2) is 7.06. The number of ether oxygens (including phenoxy) is 1. The Labute approximate surface area is 145 Å². The molecule has 0 fully saturated rings. The SMILES string of the molecule is Cc1cc(=O)n(CC(=O)N2CCOc3ccc(CO)cc3C2)nc1C. The highest BCUT2D eigenvalue weighted by Crippen LogP contribution is 2.24. The quantitative estimate of drug-likeness (QED) is 0.890. The van der Waals surface area contributed by atoms with E-state index in [-0.39, 0.29) is 24.6 Å². The Morgan fingerprint density at radius 1 is 1.32 bits per heavy atom. The maximum absolute atomic E-state index is 12.7. The van der Waals surface area contributed by atoms with Crippen LogP contribution >= 0.6 is 0 Å². The van der Waals surface area contributed by atoms with Gasteiger partial charge in [-0.25, -0.2) is 4.68 Å². The van der Waals surface area contributed by atoms with Gasteiger partial charge in [-0.15, -0.1) is 0 Å². The first-order valence-corrected chi connectivity index (χ1v) is 8.16. The Hall–Kier alpha value is -2.67. The number of aliphatic hydroxyl groups excluding tert-OH is 1. The number of carbonyl (C=O) groups excluding carboxylic acids is 1. The van der Waals surface area contributed by atoms with Gasteiger partial charge in [0.05, 0.1) is 18.8 Å². The van der Waals surface area contributed by atoms with Gasteiger partial charge in [0.25, 0.3) is 5.56 Å². The molecule has 0 saturated carbocycles. The van der Waals surface area contributed by atoms with Gasteiger partial charge in [0.15, 0.2) is 0 Å². The molecule has 2 heterocycles. The van der Waals surface area contributed by atoms with Crippen LogP contribution < -0.4 is 10.3 Å². The van der Waals surface area contributed by atoms with Crippen molar-refractivity contribution in [3.63, 3.8) is 0 Å². The van der Waals surface area contributed by atoms with E-state index in [0.717, 1.165) is 22.4 Å². The summed E-state index contributed by atoms with van der Waals surface area (Å²) in [4.78, 5) is 26.3. The Morgan fingerprint density at radius 2 is 2.12 bits per heavy atom. The predicted octanol–water partition coefficient (Wildman–Crippen LogP) is 0.774. The van der Waals surface area contributed by atoms with Crippen LogP contribution in [0.4, 0.5) is 0 Å². The van der Waals surface area contributed by atoms with Gasteiger partial charge in [0.1, 0.15) is 18.9 Å². The summed E-state index contributed by atoms with van der Waals surface area (Å²) in [5.41, 5.74) is 2.86. The molecule has 132 valence electrons. The fraction of sp³-hybridized carbons (Fsp3) is 0.389. The zero-order chi connectivity index (χ0) is 18.0. The van der Waals surface area contributed by atoms with Gasteiger partial charge in [-0.3, -0.25) is 9.59 Å². The zero-order valence-electron chi connectivity index (χ0n) is 14.4. The third-order valence-corrected chi connectivity index (χ3v) is 4.36. The summed E-state index contributed by atoms with van der Waals surface area (Å²) in [6.45, 7) is 4.65. The summed E-state index contributed by atoms with van der Waals surface area (Å²) >= 11 is 0. The number of fused-ring (bicyclic) bond motifs is 1. The lowest BCUT2D eigenvalue weighted by Gasteiger charge is -2.20. The molecular formula is C18H21N3O4. The van der Waals surface area contributed by atoms with Gasteiger partial charge in [-0.05, 0) is 37.1 Å². The van der Waals surface area contributed by atoms with E-state index < -0.39 is 0 Å². The van der Waals surface area contributed by atoms with Crippen LogP contribution in [0.3, 0.4) is 0 Å². The zero-order valence-corrected chi connectivity index (χ0v) is 14.4. The smallest absolute Gasteiger partial charge is 0.267 e. The molecule has 0 unspecified atom stereocenters. The molecule has 0 atom stereocenters. The third-order valence-electron chi connectivity index (χ3n) is 4.36. The van der Waals surface area contributed by atoms with Gasteiger partial charge in [0.2, 0.25) is 5.91 Å². The maximum Gasteiger partial charge on any atom is 0.267 e. The molecule has 1 amide bonds. The molecule has 2 aromatic rings. The normalized spacial score (nSPS) is 13.8. The number of aliphatic hydroxyl groups is 1. The molecule has 0 saturated heterocycles. The summed E-state index contributed by atoms with van der Waals surface area (Å²) in [7, 11) is 0. The lowest BCUT2D eigenvalue weighted by atomic mass is 10.1. The highest BCUT2D eigenvalue weighted by molar-refractivity contribution is 5.76. The molecule has 7 heteroatoms. The van der Waals surface area contributed by atoms with Crippen molar-refractivity contribution >= 4 is 5.91 Å². The van der Waals surface area contributed by atoms with Crippen molar-refractivity contribution in [2.24, 2.45) is 0 Å². The summed E-state index contributed by atoms with van der Waals surface area (Å²) in [5.74, 6) is 0.526. The summed E-state index contributed by atoms with van der Waals surface area (Å²) in [6, 6.07) is 6.93. The second-order valence-electron chi connectivity index (χ2n) is 6.17. The number of nitrogens with zero attached hydrogens (tertiary/aromatic N) is 3. The highest BCUT2D eigenvalue weighted by atomic mass is 16.5. The standard InChI is InChI=1S/C18H21N3O4/c1-12-7-17(23)21(19-13(12)2)10-18(24)20-5-6-25-16-4-3-14(11-22)8-15(16)9-20/h3-4,7-8,22H,5-6,9-11H2,1-2H3. The third kappa shape index (κ3) is 3.71. The van der Waals surface area contributed by atoms with Crippen LogP contribution in [0.5, 0.6) is 5.75 Å². The number of aryl methyl sites for hydroxylation is 2. The van der Waals surface area contributed by atoms with Crippen molar-refractivity contribution in [1.82, 2.24) is 14.7 Å². The van der Waals surface area contributed by atoms with E-state index in [9.17, 15) is 14.7 Å². The van der Waals surface area contributed by atoms with Crippen molar-refractivity contribution < 1.29 is 14.6 Å². The average Bonchev–Trinajstić information content (AvgIpc) is 2.81. The number of hydrogen-bond donors (Lipinski definition) is 1. The molecule has 0 spiro atoms. The van der Waals surface area contributed by atoms with Crippen LogP contribution in [0.2, 0.25) is 0 Å². The average molecular weight is 343 g/mol. The Morgan fingerprint density at radius 3 is 2.88 bits per heavy atom. The van der Waals surface area contributed by atoms with Crippen LogP contribution in [0.1, 0.15) is 22.4 Å². The Bertz CT molecular complexity index is 860. The minimum absolute atomic E-state index is 0.0663.